The van der Waals surface area contributed by atoms with Crippen LogP contribution in [0.3, 0.4) is 0 Å². The first-order valence-corrected chi connectivity index (χ1v) is 9.23. The molecule has 2 N–H and O–H groups in total. The standard InChI is InChI=1S/C15H11N5O5S2/c21-12(8-27-15-19-18-14(25-15)11-2-1-7-26-11)16-17-13(22)9-3-5-10(6-4-9)20(23)24/h1-7H,8H2,(H,16,21)(H,17,22). The minimum atomic E-state index is -0.596. The van der Waals surface area contributed by atoms with Gasteiger partial charge in [-0.1, -0.05) is 17.8 Å². The van der Waals surface area contributed by atoms with E-state index in [4.69, 9.17) is 4.42 Å². The van der Waals surface area contributed by atoms with Gasteiger partial charge in [-0.05, 0) is 23.6 Å². The van der Waals surface area contributed by atoms with Gasteiger partial charge in [0.2, 0.25) is 5.91 Å². The fraction of sp³-hybridized carbons (Fsp3) is 0.0667. The molecule has 0 aliphatic rings. The van der Waals surface area contributed by atoms with Gasteiger partial charge in [0.1, 0.15) is 0 Å². The molecule has 0 atom stereocenters. The van der Waals surface area contributed by atoms with Gasteiger partial charge in [-0.25, -0.2) is 0 Å². The van der Waals surface area contributed by atoms with E-state index in [9.17, 15) is 19.7 Å². The molecule has 0 aliphatic carbocycles. The van der Waals surface area contributed by atoms with Crippen LogP contribution in [0.1, 0.15) is 10.4 Å². The maximum atomic E-state index is 11.9. The number of hydrazine groups is 1. The quantitative estimate of drug-likeness (QED) is 0.361. The smallest absolute Gasteiger partial charge is 0.277 e. The Morgan fingerprint density at radius 3 is 2.63 bits per heavy atom. The molecule has 0 radical (unpaired) electrons. The number of nitro benzene ring substituents is 1. The Balaban J connectivity index is 1.45. The van der Waals surface area contributed by atoms with Gasteiger partial charge < -0.3 is 4.42 Å². The van der Waals surface area contributed by atoms with Crippen LogP contribution in [0.4, 0.5) is 5.69 Å². The SMILES string of the molecule is O=C(CSc1nnc(-c2cccs2)o1)NNC(=O)c1ccc([N+](=O)[O-])cc1. The second kappa shape index (κ2) is 8.42. The highest BCUT2D eigenvalue weighted by Gasteiger charge is 2.13. The highest BCUT2D eigenvalue weighted by molar-refractivity contribution is 7.99. The summed E-state index contributed by atoms with van der Waals surface area (Å²) in [5, 5.41) is 20.4. The third-order valence-electron chi connectivity index (χ3n) is 3.12. The number of nitrogens with one attached hydrogen (secondary N) is 2. The molecular weight excluding hydrogens is 394 g/mol. The molecule has 12 heteroatoms. The molecule has 0 fully saturated rings. The Morgan fingerprint density at radius 1 is 1.19 bits per heavy atom. The molecule has 3 rings (SSSR count). The van der Waals surface area contributed by atoms with Gasteiger partial charge >= 0.3 is 0 Å². The summed E-state index contributed by atoms with van der Waals surface area (Å²) in [4.78, 5) is 34.5. The van der Waals surface area contributed by atoms with E-state index in [2.05, 4.69) is 21.0 Å². The summed E-state index contributed by atoms with van der Waals surface area (Å²) in [6, 6.07) is 8.68. The predicted molar refractivity (Wildman–Crippen MR) is 97.0 cm³/mol. The van der Waals surface area contributed by atoms with Crippen molar-refractivity contribution >= 4 is 40.6 Å². The number of nitro groups is 1. The average molecular weight is 405 g/mol. The van der Waals surface area contributed by atoms with Crippen molar-refractivity contribution in [2.75, 3.05) is 5.75 Å². The van der Waals surface area contributed by atoms with Crippen molar-refractivity contribution in [1.29, 1.82) is 0 Å². The summed E-state index contributed by atoms with van der Waals surface area (Å²) in [6.07, 6.45) is 0. The van der Waals surface area contributed by atoms with Crippen LogP contribution in [0.2, 0.25) is 0 Å². The number of hydrogen-bond donors (Lipinski definition) is 2. The number of rotatable bonds is 6. The predicted octanol–water partition coefficient (Wildman–Crippen LogP) is 2.26. The van der Waals surface area contributed by atoms with Crippen LogP contribution >= 0.6 is 23.1 Å². The number of thioether (sulfide) groups is 1. The van der Waals surface area contributed by atoms with Gasteiger partial charge in [0.15, 0.2) is 0 Å². The molecule has 27 heavy (non-hydrogen) atoms. The number of carbonyl (C=O) groups is 2. The zero-order valence-electron chi connectivity index (χ0n) is 13.4. The number of hydrogen-bond acceptors (Lipinski definition) is 9. The van der Waals surface area contributed by atoms with Gasteiger partial charge in [-0.15, -0.1) is 21.5 Å². The number of thiophene rings is 1. The van der Waals surface area contributed by atoms with Crippen LogP contribution in [0.15, 0.2) is 51.4 Å². The third kappa shape index (κ3) is 4.89. The fourth-order valence-electron chi connectivity index (χ4n) is 1.86. The molecule has 2 aromatic heterocycles. The fourth-order valence-corrected chi connectivity index (χ4v) is 3.07. The van der Waals surface area contributed by atoms with Crippen LogP contribution in [0, 0.1) is 10.1 Å². The van der Waals surface area contributed by atoms with Crippen molar-refractivity contribution in [1.82, 2.24) is 21.0 Å². The van der Waals surface area contributed by atoms with E-state index in [-0.39, 0.29) is 22.2 Å². The van der Waals surface area contributed by atoms with Gasteiger partial charge in [0.25, 0.3) is 22.7 Å². The van der Waals surface area contributed by atoms with Crippen LogP contribution < -0.4 is 10.9 Å². The van der Waals surface area contributed by atoms with Crippen molar-refractivity contribution in [3.63, 3.8) is 0 Å². The second-order valence-electron chi connectivity index (χ2n) is 4.95. The summed E-state index contributed by atoms with van der Waals surface area (Å²) in [5.74, 6) is -0.751. The topological polar surface area (TPSA) is 140 Å². The van der Waals surface area contributed by atoms with E-state index in [1.165, 1.54) is 35.6 Å². The number of amides is 2. The zero-order chi connectivity index (χ0) is 19.2. The van der Waals surface area contributed by atoms with Crippen LogP contribution in [-0.2, 0) is 4.79 Å². The molecule has 138 valence electrons. The summed E-state index contributed by atoms with van der Waals surface area (Å²) >= 11 is 2.48. The number of nitrogens with zero attached hydrogens (tertiary/aromatic N) is 3. The summed E-state index contributed by atoms with van der Waals surface area (Å²) in [5.41, 5.74) is 4.51. The van der Waals surface area contributed by atoms with Crippen LogP contribution in [0.5, 0.6) is 0 Å². The Bertz CT molecular complexity index is 955. The number of carbonyl (C=O) groups excluding carboxylic acids is 2. The first-order valence-electron chi connectivity index (χ1n) is 7.37. The highest BCUT2D eigenvalue weighted by atomic mass is 32.2. The molecule has 0 spiro atoms. The Morgan fingerprint density at radius 2 is 1.96 bits per heavy atom. The molecular formula is C15H11N5O5S2. The lowest BCUT2D eigenvalue weighted by molar-refractivity contribution is -0.384. The lowest BCUT2D eigenvalue weighted by Crippen LogP contribution is -2.42. The summed E-state index contributed by atoms with van der Waals surface area (Å²) in [7, 11) is 0. The first kappa shape index (κ1) is 18.5. The van der Waals surface area contributed by atoms with Gasteiger partial charge in [0, 0.05) is 17.7 Å². The van der Waals surface area contributed by atoms with E-state index >= 15 is 0 Å². The third-order valence-corrected chi connectivity index (χ3v) is 4.80. The molecule has 10 nitrogen and oxygen atoms in total. The number of aromatic nitrogens is 2. The molecule has 2 heterocycles. The van der Waals surface area contributed by atoms with E-state index in [0.717, 1.165) is 16.6 Å². The minimum Gasteiger partial charge on any atom is -0.410 e. The highest BCUT2D eigenvalue weighted by Crippen LogP contribution is 2.26. The normalized spacial score (nSPS) is 10.4. The molecule has 0 saturated carbocycles. The maximum absolute atomic E-state index is 11.9. The van der Waals surface area contributed by atoms with E-state index in [0.29, 0.717) is 5.89 Å². The Labute approximate surface area is 160 Å². The van der Waals surface area contributed by atoms with Crippen molar-refractivity contribution in [3.8, 4) is 10.8 Å². The monoisotopic (exact) mass is 405 g/mol. The largest absolute Gasteiger partial charge is 0.410 e. The first-order chi connectivity index (χ1) is 13.0. The number of benzene rings is 1. The molecule has 0 unspecified atom stereocenters. The van der Waals surface area contributed by atoms with Crippen molar-refractivity contribution in [2.24, 2.45) is 0 Å². The van der Waals surface area contributed by atoms with Crippen LogP contribution in [-0.4, -0.2) is 32.7 Å². The molecule has 2 amide bonds. The van der Waals surface area contributed by atoms with Gasteiger partial charge in [-0.2, -0.15) is 0 Å². The molecule has 0 saturated heterocycles. The van der Waals surface area contributed by atoms with Crippen molar-refractivity contribution in [3.05, 3.63) is 57.5 Å². The average Bonchev–Trinajstić information content (AvgIpc) is 3.35. The lowest BCUT2D eigenvalue weighted by Gasteiger charge is -2.06. The second-order valence-corrected chi connectivity index (χ2v) is 6.82. The molecule has 1 aromatic carbocycles. The van der Waals surface area contributed by atoms with Crippen LogP contribution in [0.25, 0.3) is 10.8 Å². The Kier molecular flexibility index (Phi) is 5.78. The summed E-state index contributed by atoms with van der Waals surface area (Å²) in [6.45, 7) is 0. The van der Waals surface area contributed by atoms with Gasteiger partial charge in [-0.3, -0.25) is 30.6 Å². The number of non-ortho nitro benzene ring substituents is 1. The van der Waals surface area contributed by atoms with Crippen molar-refractivity contribution < 1.29 is 18.9 Å². The molecule has 0 bridgehead atoms. The zero-order valence-corrected chi connectivity index (χ0v) is 15.1. The van der Waals surface area contributed by atoms with E-state index in [1.54, 1.807) is 0 Å². The lowest BCUT2D eigenvalue weighted by atomic mass is 10.2. The molecule has 0 aliphatic heterocycles. The van der Waals surface area contributed by atoms with E-state index < -0.39 is 16.7 Å². The minimum absolute atomic E-state index is 0.0490. The van der Waals surface area contributed by atoms with E-state index in [1.807, 2.05) is 17.5 Å². The van der Waals surface area contributed by atoms with Crippen molar-refractivity contribution in [2.45, 2.75) is 5.22 Å². The summed E-state index contributed by atoms with van der Waals surface area (Å²) < 4.78 is 5.43. The van der Waals surface area contributed by atoms with Gasteiger partial charge in [0.05, 0.1) is 15.6 Å². The Hall–Kier alpha value is -3.25. The molecule has 3 aromatic rings. The maximum Gasteiger partial charge on any atom is 0.277 e.